The third kappa shape index (κ3) is 4.36. The third-order valence-electron chi connectivity index (χ3n) is 3.57. The molecule has 0 saturated heterocycles. The van der Waals surface area contributed by atoms with E-state index >= 15 is 0 Å². The number of hydrogen-bond acceptors (Lipinski definition) is 5. The molecule has 0 aromatic heterocycles. The van der Waals surface area contributed by atoms with E-state index in [4.69, 9.17) is 0 Å². The Morgan fingerprint density at radius 1 is 1.43 bits per heavy atom. The number of carbonyl (C=O) groups is 1. The fourth-order valence-corrected chi connectivity index (χ4v) is 3.17. The number of hydrogen-bond donors (Lipinski definition) is 2. The molecule has 1 atom stereocenters. The van der Waals surface area contributed by atoms with Crippen LogP contribution in [0.3, 0.4) is 0 Å². The van der Waals surface area contributed by atoms with Gasteiger partial charge in [-0.2, -0.15) is 0 Å². The van der Waals surface area contributed by atoms with Crippen LogP contribution in [0, 0.1) is 23.0 Å². The first-order valence-electron chi connectivity index (χ1n) is 7.02. The first-order chi connectivity index (χ1) is 10.8. The molecule has 0 unspecified atom stereocenters. The highest BCUT2D eigenvalue weighted by molar-refractivity contribution is 7.89. The summed E-state index contributed by atoms with van der Waals surface area (Å²) in [5, 5.41) is 10.9. The van der Waals surface area contributed by atoms with Crippen molar-refractivity contribution in [3.05, 3.63) is 46.0 Å². The number of hydrazine groups is 1. The van der Waals surface area contributed by atoms with Crippen LogP contribution in [0.15, 0.2) is 35.2 Å². The van der Waals surface area contributed by atoms with Crippen molar-refractivity contribution in [1.82, 2.24) is 10.3 Å². The van der Waals surface area contributed by atoms with Gasteiger partial charge in [-0.05, 0) is 31.7 Å². The van der Waals surface area contributed by atoms with Crippen LogP contribution in [0.1, 0.15) is 24.8 Å². The number of carbonyl (C=O) groups excluding carboxylic acids is 1. The maximum Gasteiger partial charge on any atom is 0.273 e. The normalized spacial score (nSPS) is 17.2. The predicted octanol–water partition coefficient (Wildman–Crippen LogP) is 1.57. The van der Waals surface area contributed by atoms with Crippen molar-refractivity contribution < 1.29 is 18.1 Å². The lowest BCUT2D eigenvalue weighted by Gasteiger charge is -2.11. The van der Waals surface area contributed by atoms with Crippen LogP contribution in [0.4, 0.5) is 5.69 Å². The predicted molar refractivity (Wildman–Crippen MR) is 82.8 cm³/mol. The number of rotatable bonds is 6. The summed E-state index contributed by atoms with van der Waals surface area (Å²) in [4.78, 5) is 23.6. The largest absolute Gasteiger partial charge is 0.278 e. The van der Waals surface area contributed by atoms with Crippen molar-refractivity contribution in [1.29, 1.82) is 0 Å². The number of allylic oxidation sites excluding steroid dienone is 2. The number of nitrogens with one attached hydrogen (secondary N) is 2. The van der Waals surface area contributed by atoms with Crippen LogP contribution in [0.25, 0.3) is 0 Å². The van der Waals surface area contributed by atoms with Gasteiger partial charge in [-0.1, -0.05) is 18.2 Å². The van der Waals surface area contributed by atoms with Gasteiger partial charge in [-0.15, -0.1) is 4.83 Å². The number of amides is 1. The summed E-state index contributed by atoms with van der Waals surface area (Å²) in [7, 11) is -4.07. The molecule has 9 heteroatoms. The number of nitrogens with zero attached hydrogens (tertiary/aromatic N) is 1. The van der Waals surface area contributed by atoms with Gasteiger partial charge in [0.05, 0.1) is 9.82 Å². The van der Waals surface area contributed by atoms with E-state index in [2.05, 4.69) is 5.43 Å². The molecular formula is C14H17N3O5S. The summed E-state index contributed by atoms with van der Waals surface area (Å²) in [5.41, 5.74) is 2.19. The fraction of sp³-hybridized carbons (Fsp3) is 0.357. The highest BCUT2D eigenvalue weighted by Crippen LogP contribution is 2.22. The summed E-state index contributed by atoms with van der Waals surface area (Å²) in [6, 6.07) is 3.55. The minimum absolute atomic E-state index is 0.111. The minimum atomic E-state index is -4.07. The molecule has 0 bridgehead atoms. The molecule has 124 valence electrons. The highest BCUT2D eigenvalue weighted by Gasteiger charge is 2.21. The lowest BCUT2D eigenvalue weighted by molar-refractivity contribution is -0.385. The maximum absolute atomic E-state index is 12.1. The van der Waals surface area contributed by atoms with Gasteiger partial charge >= 0.3 is 0 Å². The van der Waals surface area contributed by atoms with E-state index in [1.165, 1.54) is 19.1 Å². The Bertz CT molecular complexity index is 758. The second-order valence-electron chi connectivity index (χ2n) is 5.33. The van der Waals surface area contributed by atoms with E-state index in [9.17, 15) is 23.3 Å². The molecule has 0 heterocycles. The zero-order valence-electron chi connectivity index (χ0n) is 12.5. The molecular weight excluding hydrogens is 322 g/mol. The van der Waals surface area contributed by atoms with E-state index in [1.54, 1.807) is 0 Å². The van der Waals surface area contributed by atoms with E-state index < -0.39 is 20.9 Å². The van der Waals surface area contributed by atoms with Crippen LogP contribution in [0.5, 0.6) is 0 Å². The van der Waals surface area contributed by atoms with E-state index in [0.29, 0.717) is 5.56 Å². The molecule has 1 aliphatic rings. The maximum atomic E-state index is 12.1. The molecule has 0 spiro atoms. The number of nitro groups is 1. The van der Waals surface area contributed by atoms with Crippen LogP contribution < -0.4 is 10.3 Å². The third-order valence-corrected chi connectivity index (χ3v) is 4.82. The lowest BCUT2D eigenvalue weighted by atomic mass is 10.1. The van der Waals surface area contributed by atoms with Crippen molar-refractivity contribution in [2.45, 2.75) is 31.1 Å². The topological polar surface area (TPSA) is 118 Å². The van der Waals surface area contributed by atoms with Crippen molar-refractivity contribution in [3.8, 4) is 0 Å². The summed E-state index contributed by atoms with van der Waals surface area (Å²) < 4.78 is 24.2. The number of benzene rings is 1. The number of aryl methyl sites for hydroxylation is 1. The summed E-state index contributed by atoms with van der Waals surface area (Å²) in [5.74, 6) is -0.341. The zero-order chi connectivity index (χ0) is 17.0. The fourth-order valence-electron chi connectivity index (χ4n) is 2.29. The molecule has 8 nitrogen and oxygen atoms in total. The van der Waals surface area contributed by atoms with Gasteiger partial charge < -0.3 is 0 Å². The molecule has 1 aliphatic carbocycles. The number of sulfonamides is 1. The molecule has 1 aromatic carbocycles. The molecule has 0 radical (unpaired) electrons. The van der Waals surface area contributed by atoms with Gasteiger partial charge in [0.2, 0.25) is 5.91 Å². The molecule has 1 amide bonds. The summed E-state index contributed by atoms with van der Waals surface area (Å²) in [6.07, 6.45) is 5.87. The molecule has 0 aliphatic heterocycles. The van der Waals surface area contributed by atoms with Crippen molar-refractivity contribution in [2.24, 2.45) is 5.92 Å². The van der Waals surface area contributed by atoms with Gasteiger partial charge in [0, 0.05) is 18.1 Å². The Kier molecular flexibility index (Phi) is 5.12. The van der Waals surface area contributed by atoms with Crippen LogP contribution >= 0.6 is 0 Å². The monoisotopic (exact) mass is 339 g/mol. The lowest BCUT2D eigenvalue weighted by Crippen LogP contribution is -2.42. The van der Waals surface area contributed by atoms with Crippen molar-refractivity contribution in [3.63, 3.8) is 0 Å². The average molecular weight is 339 g/mol. The van der Waals surface area contributed by atoms with Gasteiger partial charge in [-0.25, -0.2) is 8.42 Å². The quantitative estimate of drug-likeness (QED) is 0.463. The van der Waals surface area contributed by atoms with Crippen molar-refractivity contribution in [2.75, 3.05) is 0 Å². The second-order valence-corrected chi connectivity index (χ2v) is 7.01. The SMILES string of the molecule is Cc1ccc(S(=O)(=O)NNC(=O)C[C@@H]2C=CCC2)cc1[N+](=O)[O-]. The van der Waals surface area contributed by atoms with Crippen LogP contribution in [-0.4, -0.2) is 19.2 Å². The zero-order valence-corrected chi connectivity index (χ0v) is 13.3. The Labute approximate surface area is 133 Å². The van der Waals surface area contributed by atoms with Crippen LogP contribution in [-0.2, 0) is 14.8 Å². The first kappa shape index (κ1) is 17.1. The Balaban J connectivity index is 2.04. The smallest absolute Gasteiger partial charge is 0.273 e. The standard InChI is InChI=1S/C14H17N3O5S/c1-10-6-7-12(9-13(10)17(19)20)23(21,22)16-15-14(18)8-11-4-2-3-5-11/h2,4,6-7,9,11,16H,3,5,8H2,1H3,(H,15,18)/t11-/m1/s1. The summed E-state index contributed by atoms with van der Waals surface area (Å²) >= 11 is 0. The Hall–Kier alpha value is -2.26. The average Bonchev–Trinajstić information content (AvgIpc) is 2.98. The molecule has 2 rings (SSSR count). The van der Waals surface area contributed by atoms with Gasteiger partial charge in [0.25, 0.3) is 15.7 Å². The molecule has 0 saturated carbocycles. The van der Waals surface area contributed by atoms with Crippen LogP contribution in [0.2, 0.25) is 0 Å². The van der Waals surface area contributed by atoms with E-state index in [0.717, 1.165) is 18.9 Å². The Morgan fingerprint density at radius 3 is 2.78 bits per heavy atom. The van der Waals surface area contributed by atoms with Gasteiger partial charge in [0.15, 0.2) is 0 Å². The van der Waals surface area contributed by atoms with E-state index in [1.807, 2.05) is 17.0 Å². The summed E-state index contributed by atoms with van der Waals surface area (Å²) in [6.45, 7) is 1.51. The highest BCUT2D eigenvalue weighted by atomic mass is 32.2. The minimum Gasteiger partial charge on any atom is -0.278 e. The van der Waals surface area contributed by atoms with E-state index in [-0.39, 0.29) is 22.9 Å². The molecule has 23 heavy (non-hydrogen) atoms. The second kappa shape index (κ2) is 6.88. The van der Waals surface area contributed by atoms with Gasteiger partial charge in [0.1, 0.15) is 0 Å². The molecule has 2 N–H and O–H groups in total. The number of nitro benzene ring substituents is 1. The molecule has 0 fully saturated rings. The molecule has 1 aromatic rings. The van der Waals surface area contributed by atoms with Crippen molar-refractivity contribution >= 4 is 21.6 Å². The first-order valence-corrected chi connectivity index (χ1v) is 8.50. The van der Waals surface area contributed by atoms with Gasteiger partial charge in [-0.3, -0.25) is 20.3 Å². The Morgan fingerprint density at radius 2 is 2.17 bits per heavy atom.